The molecule has 0 bridgehead atoms. The van der Waals surface area contributed by atoms with Crippen molar-refractivity contribution in [2.75, 3.05) is 23.8 Å². The molecular formula is C11H18N6O. The van der Waals surface area contributed by atoms with Gasteiger partial charge in [-0.25, -0.2) is 0 Å². The minimum absolute atomic E-state index is 0.137. The lowest BCUT2D eigenvalue weighted by atomic mass is 10.2. The van der Waals surface area contributed by atoms with Gasteiger partial charge in [0.25, 0.3) is 0 Å². The van der Waals surface area contributed by atoms with Gasteiger partial charge in [0, 0.05) is 19.2 Å². The molecule has 1 atom stereocenters. The molecule has 0 saturated carbocycles. The number of nitrogens with zero attached hydrogens (tertiary/aromatic N) is 3. The molecule has 1 unspecified atom stereocenters. The Bertz CT molecular complexity index is 511. The molecule has 0 fully saturated rings. The first kappa shape index (κ1) is 12.6. The van der Waals surface area contributed by atoms with Gasteiger partial charge in [0.2, 0.25) is 5.95 Å². The van der Waals surface area contributed by atoms with Crippen LogP contribution in [0.2, 0.25) is 0 Å². The molecule has 4 N–H and O–H groups in total. The monoisotopic (exact) mass is 250 g/mol. The van der Waals surface area contributed by atoms with Gasteiger partial charge in [-0.1, -0.05) is 0 Å². The minimum atomic E-state index is 0.137. The highest BCUT2D eigenvalue weighted by atomic mass is 16.3. The van der Waals surface area contributed by atoms with Crippen LogP contribution in [0.3, 0.4) is 0 Å². The van der Waals surface area contributed by atoms with E-state index in [1.807, 2.05) is 13.8 Å². The van der Waals surface area contributed by atoms with E-state index in [9.17, 15) is 0 Å². The zero-order valence-electron chi connectivity index (χ0n) is 10.6. The highest BCUT2D eigenvalue weighted by Gasteiger charge is 2.11. The number of fused-ring (bicyclic) bond motifs is 1. The molecular weight excluding hydrogens is 232 g/mol. The molecule has 2 aromatic heterocycles. The standard InChI is InChI=1S/C11H18N6O/c1-3-12-11-15-9(14-7(2)4-5-18)8-6-13-17-10(8)16-11/h6-7,18H,3-5H2,1-2H3,(H3,12,13,14,15,16,17). The van der Waals surface area contributed by atoms with E-state index in [4.69, 9.17) is 5.11 Å². The normalized spacial score (nSPS) is 12.6. The Balaban J connectivity index is 2.31. The first-order valence-corrected chi connectivity index (χ1v) is 6.07. The van der Waals surface area contributed by atoms with Crippen molar-refractivity contribution in [3.63, 3.8) is 0 Å². The quantitative estimate of drug-likeness (QED) is 0.609. The number of anilines is 2. The molecule has 18 heavy (non-hydrogen) atoms. The van der Waals surface area contributed by atoms with Gasteiger partial charge in [0.15, 0.2) is 5.65 Å². The van der Waals surface area contributed by atoms with Crippen LogP contribution >= 0.6 is 0 Å². The molecule has 7 heteroatoms. The third-order valence-electron chi connectivity index (χ3n) is 2.59. The Morgan fingerprint density at radius 3 is 3.00 bits per heavy atom. The number of hydrogen-bond acceptors (Lipinski definition) is 6. The molecule has 0 saturated heterocycles. The molecule has 0 aliphatic carbocycles. The van der Waals surface area contributed by atoms with Crippen molar-refractivity contribution in [3.05, 3.63) is 6.20 Å². The summed E-state index contributed by atoms with van der Waals surface area (Å²) in [6.07, 6.45) is 2.36. The van der Waals surface area contributed by atoms with E-state index >= 15 is 0 Å². The van der Waals surface area contributed by atoms with Crippen molar-refractivity contribution in [3.8, 4) is 0 Å². The summed E-state index contributed by atoms with van der Waals surface area (Å²) in [4.78, 5) is 8.72. The van der Waals surface area contributed by atoms with Crippen LogP contribution in [0.4, 0.5) is 11.8 Å². The molecule has 0 amide bonds. The molecule has 98 valence electrons. The lowest BCUT2D eigenvalue weighted by molar-refractivity contribution is 0.282. The van der Waals surface area contributed by atoms with E-state index < -0.39 is 0 Å². The zero-order chi connectivity index (χ0) is 13.0. The Morgan fingerprint density at radius 1 is 1.44 bits per heavy atom. The molecule has 2 heterocycles. The smallest absolute Gasteiger partial charge is 0.226 e. The molecule has 0 aliphatic heterocycles. The first-order valence-electron chi connectivity index (χ1n) is 6.07. The van der Waals surface area contributed by atoms with Crippen LogP contribution in [-0.4, -0.2) is 44.5 Å². The van der Waals surface area contributed by atoms with Crippen LogP contribution in [-0.2, 0) is 0 Å². The Hall–Kier alpha value is -1.89. The van der Waals surface area contributed by atoms with Gasteiger partial charge in [-0.05, 0) is 20.3 Å². The van der Waals surface area contributed by atoms with Gasteiger partial charge in [-0.3, -0.25) is 5.10 Å². The summed E-state index contributed by atoms with van der Waals surface area (Å²) < 4.78 is 0. The second-order valence-corrected chi connectivity index (χ2v) is 4.12. The Kier molecular flexibility index (Phi) is 3.93. The van der Waals surface area contributed by atoms with Crippen LogP contribution in [0.15, 0.2) is 6.20 Å². The summed E-state index contributed by atoms with van der Waals surface area (Å²) in [5, 5.41) is 22.9. The molecule has 0 spiro atoms. The first-order chi connectivity index (χ1) is 8.74. The predicted molar refractivity (Wildman–Crippen MR) is 70.6 cm³/mol. The summed E-state index contributed by atoms with van der Waals surface area (Å²) in [5.41, 5.74) is 0.694. The molecule has 0 aliphatic rings. The highest BCUT2D eigenvalue weighted by molar-refractivity contribution is 5.87. The van der Waals surface area contributed by atoms with Crippen molar-refractivity contribution in [1.82, 2.24) is 20.2 Å². The van der Waals surface area contributed by atoms with Crippen molar-refractivity contribution in [2.24, 2.45) is 0 Å². The van der Waals surface area contributed by atoms with Gasteiger partial charge >= 0.3 is 0 Å². The maximum atomic E-state index is 8.92. The van der Waals surface area contributed by atoms with Crippen molar-refractivity contribution in [2.45, 2.75) is 26.3 Å². The van der Waals surface area contributed by atoms with Crippen LogP contribution < -0.4 is 10.6 Å². The number of H-pyrrole nitrogens is 1. The minimum Gasteiger partial charge on any atom is -0.396 e. The molecule has 2 rings (SSSR count). The number of aromatic amines is 1. The molecule has 0 radical (unpaired) electrons. The van der Waals surface area contributed by atoms with Crippen LogP contribution in [0, 0.1) is 0 Å². The van der Waals surface area contributed by atoms with E-state index in [0.717, 1.165) is 17.7 Å². The summed E-state index contributed by atoms with van der Waals surface area (Å²) in [7, 11) is 0. The van der Waals surface area contributed by atoms with Gasteiger partial charge in [-0.15, -0.1) is 0 Å². The maximum absolute atomic E-state index is 8.92. The molecule has 2 aromatic rings. The third-order valence-corrected chi connectivity index (χ3v) is 2.59. The summed E-state index contributed by atoms with van der Waals surface area (Å²) in [6, 6.07) is 0.137. The van der Waals surface area contributed by atoms with Gasteiger partial charge < -0.3 is 15.7 Å². The largest absolute Gasteiger partial charge is 0.396 e. The number of aromatic nitrogens is 4. The fourth-order valence-electron chi connectivity index (χ4n) is 1.68. The van der Waals surface area contributed by atoms with E-state index in [2.05, 4.69) is 30.8 Å². The lowest BCUT2D eigenvalue weighted by Crippen LogP contribution is -2.18. The topological polar surface area (TPSA) is 98.8 Å². The third kappa shape index (κ3) is 2.67. The van der Waals surface area contributed by atoms with Crippen LogP contribution in [0.1, 0.15) is 20.3 Å². The fourth-order valence-corrected chi connectivity index (χ4v) is 1.68. The average molecular weight is 250 g/mol. The lowest BCUT2D eigenvalue weighted by Gasteiger charge is -2.14. The van der Waals surface area contributed by atoms with Crippen LogP contribution in [0.5, 0.6) is 0 Å². The Morgan fingerprint density at radius 2 is 2.28 bits per heavy atom. The summed E-state index contributed by atoms with van der Waals surface area (Å²) in [6.45, 7) is 4.89. The molecule has 0 aromatic carbocycles. The van der Waals surface area contributed by atoms with Gasteiger partial charge in [-0.2, -0.15) is 15.1 Å². The van der Waals surface area contributed by atoms with E-state index in [1.54, 1.807) is 6.20 Å². The summed E-state index contributed by atoms with van der Waals surface area (Å²) in [5.74, 6) is 1.29. The number of nitrogens with one attached hydrogen (secondary N) is 3. The van der Waals surface area contributed by atoms with E-state index in [0.29, 0.717) is 18.0 Å². The van der Waals surface area contributed by atoms with Crippen molar-refractivity contribution in [1.29, 1.82) is 0 Å². The number of rotatable bonds is 6. The van der Waals surface area contributed by atoms with Crippen molar-refractivity contribution < 1.29 is 5.11 Å². The highest BCUT2D eigenvalue weighted by Crippen LogP contribution is 2.20. The summed E-state index contributed by atoms with van der Waals surface area (Å²) >= 11 is 0. The average Bonchev–Trinajstić information content (AvgIpc) is 2.78. The predicted octanol–water partition coefficient (Wildman–Crippen LogP) is 0.967. The molecule has 7 nitrogen and oxygen atoms in total. The number of aliphatic hydroxyl groups is 1. The maximum Gasteiger partial charge on any atom is 0.226 e. The zero-order valence-corrected chi connectivity index (χ0v) is 10.6. The number of aliphatic hydroxyl groups excluding tert-OH is 1. The van der Waals surface area contributed by atoms with Crippen LogP contribution in [0.25, 0.3) is 11.0 Å². The van der Waals surface area contributed by atoms with Gasteiger partial charge in [0.1, 0.15) is 5.82 Å². The SMILES string of the molecule is CCNc1nc(NC(C)CCO)c2cn[nH]c2n1. The second-order valence-electron chi connectivity index (χ2n) is 4.12. The second kappa shape index (κ2) is 5.63. The van der Waals surface area contributed by atoms with Crippen molar-refractivity contribution >= 4 is 22.8 Å². The van der Waals surface area contributed by atoms with Gasteiger partial charge in [0.05, 0.1) is 11.6 Å². The van der Waals surface area contributed by atoms with E-state index in [1.165, 1.54) is 0 Å². The fraction of sp³-hybridized carbons (Fsp3) is 0.545. The Labute approximate surface area is 105 Å². The van der Waals surface area contributed by atoms with E-state index in [-0.39, 0.29) is 12.6 Å². The number of hydrogen-bond donors (Lipinski definition) is 4.